The number of rotatable bonds is 2. The van der Waals surface area contributed by atoms with Crippen molar-refractivity contribution in [3.63, 3.8) is 0 Å². The molecular formula is C12H16O3. The standard InChI is InChI=1S/C12H16O3/c1-2-5-9-8-11-10(15-11)6-3-4-7-12(13)14-9/h3-4,6-7,9-11H,2,5,8H2,1H3/t9-,10-,11+/m0/s1. The fourth-order valence-corrected chi connectivity index (χ4v) is 1.83. The van der Waals surface area contributed by atoms with Crippen LogP contribution in [0.3, 0.4) is 0 Å². The van der Waals surface area contributed by atoms with Crippen molar-refractivity contribution in [3.8, 4) is 0 Å². The molecule has 0 bridgehead atoms. The molecule has 2 aliphatic rings. The normalized spacial score (nSPS) is 34.5. The van der Waals surface area contributed by atoms with E-state index in [-0.39, 0.29) is 24.3 Å². The second kappa shape index (κ2) is 4.62. The van der Waals surface area contributed by atoms with Gasteiger partial charge in [-0.05, 0) is 6.42 Å². The van der Waals surface area contributed by atoms with E-state index in [0.717, 1.165) is 19.3 Å². The van der Waals surface area contributed by atoms with Gasteiger partial charge in [0.2, 0.25) is 0 Å². The Bertz CT molecular complexity index is 293. The number of cyclic esters (lactones) is 1. The Morgan fingerprint density at radius 3 is 3.13 bits per heavy atom. The molecule has 3 atom stereocenters. The molecule has 0 radical (unpaired) electrons. The maximum absolute atomic E-state index is 11.3. The molecule has 3 heteroatoms. The molecule has 0 saturated carbocycles. The van der Waals surface area contributed by atoms with E-state index < -0.39 is 0 Å². The zero-order valence-corrected chi connectivity index (χ0v) is 8.89. The molecule has 0 unspecified atom stereocenters. The Labute approximate surface area is 89.8 Å². The van der Waals surface area contributed by atoms with Crippen LogP contribution in [0.5, 0.6) is 0 Å². The Hall–Kier alpha value is -1.09. The van der Waals surface area contributed by atoms with Gasteiger partial charge in [-0.2, -0.15) is 0 Å². The number of hydrogen-bond acceptors (Lipinski definition) is 3. The van der Waals surface area contributed by atoms with E-state index >= 15 is 0 Å². The van der Waals surface area contributed by atoms with E-state index in [2.05, 4.69) is 6.92 Å². The smallest absolute Gasteiger partial charge is 0.331 e. The van der Waals surface area contributed by atoms with Crippen LogP contribution in [0, 0.1) is 0 Å². The quantitative estimate of drug-likeness (QED) is 0.514. The highest BCUT2D eigenvalue weighted by Gasteiger charge is 2.38. The average Bonchev–Trinajstić information content (AvgIpc) is 2.92. The minimum Gasteiger partial charge on any atom is -0.459 e. The highest BCUT2D eigenvalue weighted by molar-refractivity contribution is 5.82. The van der Waals surface area contributed by atoms with Crippen molar-refractivity contribution in [1.82, 2.24) is 0 Å². The van der Waals surface area contributed by atoms with Crippen LogP contribution in [0.25, 0.3) is 0 Å². The molecule has 1 saturated heterocycles. The number of esters is 1. The summed E-state index contributed by atoms with van der Waals surface area (Å²) in [6.45, 7) is 2.09. The lowest BCUT2D eigenvalue weighted by Gasteiger charge is -2.15. The van der Waals surface area contributed by atoms with Crippen LogP contribution in [0.2, 0.25) is 0 Å². The second-order valence-corrected chi connectivity index (χ2v) is 3.97. The minimum absolute atomic E-state index is 0.00801. The molecule has 0 amide bonds. The SMILES string of the molecule is CCC[C@H]1C[C@H]2O[C@H]2C=CC=CC(=O)O1. The van der Waals surface area contributed by atoms with Crippen LogP contribution in [0.4, 0.5) is 0 Å². The summed E-state index contributed by atoms with van der Waals surface area (Å²) in [7, 11) is 0. The number of hydrogen-bond donors (Lipinski definition) is 0. The first-order chi connectivity index (χ1) is 7.29. The van der Waals surface area contributed by atoms with Crippen molar-refractivity contribution in [3.05, 3.63) is 24.3 Å². The van der Waals surface area contributed by atoms with E-state index in [4.69, 9.17) is 9.47 Å². The first kappa shape index (κ1) is 10.4. The lowest BCUT2D eigenvalue weighted by atomic mass is 10.1. The third-order valence-electron chi connectivity index (χ3n) is 2.65. The molecule has 82 valence electrons. The number of allylic oxidation sites excluding steroid dienone is 2. The number of ether oxygens (including phenoxy) is 2. The monoisotopic (exact) mass is 208 g/mol. The molecule has 0 spiro atoms. The van der Waals surface area contributed by atoms with E-state index in [1.807, 2.05) is 12.2 Å². The summed E-state index contributed by atoms with van der Waals surface area (Å²) in [6, 6.07) is 0. The van der Waals surface area contributed by atoms with Crippen LogP contribution >= 0.6 is 0 Å². The van der Waals surface area contributed by atoms with Crippen molar-refractivity contribution in [2.24, 2.45) is 0 Å². The van der Waals surface area contributed by atoms with Crippen molar-refractivity contribution in [2.75, 3.05) is 0 Å². The fraction of sp³-hybridized carbons (Fsp3) is 0.583. The van der Waals surface area contributed by atoms with Gasteiger partial charge >= 0.3 is 5.97 Å². The topological polar surface area (TPSA) is 38.8 Å². The number of carbonyl (C=O) groups is 1. The summed E-state index contributed by atoms with van der Waals surface area (Å²) in [5.74, 6) is -0.253. The largest absolute Gasteiger partial charge is 0.459 e. The maximum Gasteiger partial charge on any atom is 0.331 e. The molecule has 0 aromatic carbocycles. The lowest BCUT2D eigenvalue weighted by molar-refractivity contribution is -0.143. The maximum atomic E-state index is 11.3. The minimum atomic E-state index is -0.253. The van der Waals surface area contributed by atoms with Gasteiger partial charge in [-0.3, -0.25) is 0 Å². The molecular weight excluding hydrogens is 192 g/mol. The zero-order valence-electron chi connectivity index (χ0n) is 8.89. The van der Waals surface area contributed by atoms with Crippen molar-refractivity contribution < 1.29 is 14.3 Å². The van der Waals surface area contributed by atoms with Gasteiger partial charge in [-0.1, -0.05) is 31.6 Å². The van der Waals surface area contributed by atoms with Gasteiger partial charge in [0, 0.05) is 12.5 Å². The molecule has 0 N–H and O–H groups in total. The van der Waals surface area contributed by atoms with Gasteiger partial charge in [0.15, 0.2) is 0 Å². The Kier molecular flexibility index (Phi) is 3.21. The van der Waals surface area contributed by atoms with E-state index in [1.54, 1.807) is 6.08 Å². The highest BCUT2D eigenvalue weighted by Crippen LogP contribution is 2.30. The lowest BCUT2D eigenvalue weighted by Crippen LogP contribution is -2.19. The molecule has 1 fully saturated rings. The van der Waals surface area contributed by atoms with Crippen molar-refractivity contribution >= 4 is 5.97 Å². The van der Waals surface area contributed by atoms with Gasteiger partial charge in [0.25, 0.3) is 0 Å². The molecule has 2 rings (SSSR count). The Morgan fingerprint density at radius 2 is 2.33 bits per heavy atom. The number of fused-ring (bicyclic) bond motifs is 1. The molecule has 0 aliphatic carbocycles. The molecule has 2 heterocycles. The average molecular weight is 208 g/mol. The third kappa shape index (κ3) is 2.93. The van der Waals surface area contributed by atoms with Crippen LogP contribution < -0.4 is 0 Å². The summed E-state index contributed by atoms with van der Waals surface area (Å²) in [5, 5.41) is 0. The first-order valence-electron chi connectivity index (χ1n) is 5.50. The molecule has 15 heavy (non-hydrogen) atoms. The van der Waals surface area contributed by atoms with Gasteiger partial charge < -0.3 is 9.47 Å². The third-order valence-corrected chi connectivity index (χ3v) is 2.65. The van der Waals surface area contributed by atoms with Gasteiger partial charge in [0.1, 0.15) is 12.2 Å². The summed E-state index contributed by atoms with van der Waals surface area (Å²) in [4.78, 5) is 11.3. The van der Waals surface area contributed by atoms with Crippen molar-refractivity contribution in [2.45, 2.75) is 44.5 Å². The first-order valence-corrected chi connectivity index (χ1v) is 5.50. The zero-order chi connectivity index (χ0) is 10.7. The summed E-state index contributed by atoms with van der Waals surface area (Å²) in [6.07, 6.45) is 10.2. The molecule has 0 aromatic heterocycles. The van der Waals surface area contributed by atoms with Crippen molar-refractivity contribution in [1.29, 1.82) is 0 Å². The van der Waals surface area contributed by atoms with Gasteiger partial charge in [-0.15, -0.1) is 0 Å². The van der Waals surface area contributed by atoms with Gasteiger partial charge in [0.05, 0.1) is 6.10 Å². The van der Waals surface area contributed by atoms with E-state index in [0.29, 0.717) is 0 Å². The predicted molar refractivity (Wildman–Crippen MR) is 56.3 cm³/mol. The molecule has 0 aromatic rings. The molecule has 2 aliphatic heterocycles. The van der Waals surface area contributed by atoms with Crippen LogP contribution in [0.1, 0.15) is 26.2 Å². The highest BCUT2D eigenvalue weighted by atomic mass is 16.6. The van der Waals surface area contributed by atoms with Crippen LogP contribution in [-0.2, 0) is 14.3 Å². The van der Waals surface area contributed by atoms with E-state index in [9.17, 15) is 4.79 Å². The second-order valence-electron chi connectivity index (χ2n) is 3.97. The van der Waals surface area contributed by atoms with E-state index in [1.165, 1.54) is 6.08 Å². The summed E-state index contributed by atoms with van der Waals surface area (Å²) < 4.78 is 10.8. The number of carbonyl (C=O) groups excluding carboxylic acids is 1. The Morgan fingerprint density at radius 1 is 1.47 bits per heavy atom. The summed E-state index contributed by atoms with van der Waals surface area (Å²) in [5.41, 5.74) is 0. The summed E-state index contributed by atoms with van der Waals surface area (Å²) >= 11 is 0. The fourth-order valence-electron chi connectivity index (χ4n) is 1.83. The predicted octanol–water partition coefficient (Wildman–Crippen LogP) is 1.98. The Balaban J connectivity index is 2.00. The number of epoxide rings is 1. The van der Waals surface area contributed by atoms with Crippen LogP contribution in [-0.4, -0.2) is 24.3 Å². The van der Waals surface area contributed by atoms with Gasteiger partial charge in [-0.25, -0.2) is 4.79 Å². The van der Waals surface area contributed by atoms with Crippen LogP contribution in [0.15, 0.2) is 24.3 Å². The molecule has 3 nitrogen and oxygen atoms in total.